The van der Waals surface area contributed by atoms with Gasteiger partial charge in [0.15, 0.2) is 6.61 Å². The largest absolute Gasteiger partial charge is 0.483 e. The van der Waals surface area contributed by atoms with Crippen LogP contribution in [0.5, 0.6) is 5.75 Å². The lowest BCUT2D eigenvalue weighted by atomic mass is 10.2. The second kappa shape index (κ2) is 6.99. The molecule has 1 unspecified atom stereocenters. The van der Waals surface area contributed by atoms with Gasteiger partial charge in [-0.25, -0.2) is 4.79 Å². The van der Waals surface area contributed by atoms with Gasteiger partial charge in [-0.3, -0.25) is 4.79 Å². The number of hydrogen-bond donors (Lipinski definition) is 2. The molecule has 1 amide bonds. The fourth-order valence-electron chi connectivity index (χ4n) is 1.36. The number of rotatable bonds is 6. The molecule has 1 atom stereocenters. The van der Waals surface area contributed by atoms with E-state index in [1.807, 2.05) is 13.8 Å². The van der Waals surface area contributed by atoms with Crippen molar-refractivity contribution in [2.45, 2.75) is 26.3 Å². The van der Waals surface area contributed by atoms with E-state index < -0.39 is 5.97 Å². The second-order valence-corrected chi connectivity index (χ2v) is 4.55. The molecule has 0 heterocycles. The van der Waals surface area contributed by atoms with Crippen LogP contribution in [0.1, 0.15) is 30.6 Å². The number of aromatic carboxylic acids is 1. The van der Waals surface area contributed by atoms with Gasteiger partial charge in [-0.1, -0.05) is 18.5 Å². The van der Waals surface area contributed by atoms with E-state index >= 15 is 0 Å². The average Bonchev–Trinajstić information content (AvgIpc) is 2.36. The highest BCUT2D eigenvalue weighted by molar-refractivity contribution is 6.31. The Labute approximate surface area is 116 Å². The molecular weight excluding hydrogens is 270 g/mol. The Hall–Kier alpha value is -1.75. The number of carbonyl (C=O) groups is 2. The number of amides is 1. The standard InChI is InChI=1S/C13H16ClNO4/c1-3-8(2)15-12(16)7-19-11-5-4-9(14)6-10(11)13(17)18/h4-6,8H,3,7H2,1-2H3,(H,15,16)(H,17,18). The monoisotopic (exact) mass is 285 g/mol. The topological polar surface area (TPSA) is 75.6 Å². The van der Waals surface area contributed by atoms with Gasteiger partial charge < -0.3 is 15.2 Å². The van der Waals surface area contributed by atoms with Crippen molar-refractivity contribution in [1.29, 1.82) is 0 Å². The second-order valence-electron chi connectivity index (χ2n) is 4.11. The highest BCUT2D eigenvalue weighted by Gasteiger charge is 2.13. The summed E-state index contributed by atoms with van der Waals surface area (Å²) >= 11 is 5.71. The summed E-state index contributed by atoms with van der Waals surface area (Å²) in [5.41, 5.74) is -0.0659. The first-order chi connectivity index (χ1) is 8.93. The van der Waals surface area contributed by atoms with E-state index in [0.29, 0.717) is 5.02 Å². The lowest BCUT2D eigenvalue weighted by Crippen LogP contribution is -2.35. The number of carboxylic acid groups (broad SMARTS) is 1. The molecule has 6 heteroatoms. The summed E-state index contributed by atoms with van der Waals surface area (Å²) in [5.74, 6) is -1.32. The van der Waals surface area contributed by atoms with Gasteiger partial charge in [-0.15, -0.1) is 0 Å². The molecular formula is C13H16ClNO4. The minimum absolute atomic E-state index is 0.0558. The van der Waals surface area contributed by atoms with Crippen molar-refractivity contribution in [2.24, 2.45) is 0 Å². The summed E-state index contributed by atoms with van der Waals surface area (Å²) in [6, 6.07) is 4.28. The minimum Gasteiger partial charge on any atom is -0.483 e. The number of benzene rings is 1. The van der Waals surface area contributed by atoms with E-state index in [9.17, 15) is 9.59 Å². The number of carbonyl (C=O) groups excluding carboxylic acids is 1. The van der Waals surface area contributed by atoms with Crippen LogP contribution in [-0.4, -0.2) is 29.6 Å². The summed E-state index contributed by atoms with van der Waals surface area (Å²) < 4.78 is 5.21. The van der Waals surface area contributed by atoms with Crippen molar-refractivity contribution in [2.75, 3.05) is 6.61 Å². The van der Waals surface area contributed by atoms with Gasteiger partial charge in [-0.05, 0) is 31.5 Å². The van der Waals surface area contributed by atoms with Gasteiger partial charge in [0.1, 0.15) is 11.3 Å². The molecule has 2 N–H and O–H groups in total. The summed E-state index contributed by atoms with van der Waals surface area (Å²) in [6.45, 7) is 3.60. The van der Waals surface area contributed by atoms with Crippen LogP contribution in [0.2, 0.25) is 5.02 Å². The summed E-state index contributed by atoms with van der Waals surface area (Å²) in [6.07, 6.45) is 0.813. The molecule has 0 saturated carbocycles. The van der Waals surface area contributed by atoms with Crippen LogP contribution in [0.15, 0.2) is 18.2 Å². The molecule has 0 aliphatic rings. The maximum absolute atomic E-state index is 11.5. The molecule has 1 aromatic rings. The Morgan fingerprint density at radius 2 is 2.16 bits per heavy atom. The Bertz CT molecular complexity index is 476. The smallest absolute Gasteiger partial charge is 0.339 e. The molecule has 0 saturated heterocycles. The highest BCUT2D eigenvalue weighted by atomic mass is 35.5. The van der Waals surface area contributed by atoms with Crippen LogP contribution in [0.25, 0.3) is 0 Å². The molecule has 0 radical (unpaired) electrons. The zero-order valence-corrected chi connectivity index (χ0v) is 11.5. The normalized spacial score (nSPS) is 11.7. The molecule has 0 aromatic heterocycles. The van der Waals surface area contributed by atoms with E-state index in [2.05, 4.69) is 5.32 Å². The summed E-state index contributed by atoms with van der Waals surface area (Å²) in [5, 5.41) is 12.0. The fraction of sp³-hybridized carbons (Fsp3) is 0.385. The summed E-state index contributed by atoms with van der Waals surface area (Å²) in [7, 11) is 0. The van der Waals surface area contributed by atoms with Crippen LogP contribution in [-0.2, 0) is 4.79 Å². The number of carboxylic acids is 1. The number of hydrogen-bond acceptors (Lipinski definition) is 3. The highest BCUT2D eigenvalue weighted by Crippen LogP contribution is 2.22. The molecule has 0 aliphatic carbocycles. The summed E-state index contributed by atoms with van der Waals surface area (Å²) in [4.78, 5) is 22.5. The van der Waals surface area contributed by atoms with Crippen molar-refractivity contribution in [3.8, 4) is 5.75 Å². The number of halogens is 1. The maximum atomic E-state index is 11.5. The molecule has 0 spiro atoms. The SMILES string of the molecule is CCC(C)NC(=O)COc1ccc(Cl)cc1C(=O)O. The van der Waals surface area contributed by atoms with Crippen molar-refractivity contribution < 1.29 is 19.4 Å². The molecule has 0 bridgehead atoms. The fourth-order valence-corrected chi connectivity index (χ4v) is 1.53. The predicted molar refractivity (Wildman–Crippen MR) is 71.8 cm³/mol. The van der Waals surface area contributed by atoms with Crippen LogP contribution < -0.4 is 10.1 Å². The molecule has 1 aromatic carbocycles. The first-order valence-corrected chi connectivity index (χ1v) is 6.26. The molecule has 1 rings (SSSR count). The first kappa shape index (κ1) is 15.3. The van der Waals surface area contributed by atoms with Gasteiger partial charge in [0.25, 0.3) is 5.91 Å². The average molecular weight is 286 g/mol. The van der Waals surface area contributed by atoms with E-state index in [-0.39, 0.29) is 29.9 Å². The Morgan fingerprint density at radius 3 is 2.74 bits per heavy atom. The number of ether oxygens (including phenoxy) is 1. The lowest BCUT2D eigenvalue weighted by molar-refractivity contribution is -0.123. The third-order valence-electron chi connectivity index (χ3n) is 2.55. The minimum atomic E-state index is -1.15. The lowest BCUT2D eigenvalue weighted by Gasteiger charge is -2.13. The molecule has 0 fully saturated rings. The predicted octanol–water partition coefficient (Wildman–Crippen LogP) is 2.33. The quantitative estimate of drug-likeness (QED) is 0.841. The first-order valence-electron chi connectivity index (χ1n) is 5.89. The Kier molecular flexibility index (Phi) is 5.63. The third kappa shape index (κ3) is 4.79. The molecule has 0 aliphatic heterocycles. The van der Waals surface area contributed by atoms with Crippen LogP contribution in [0.3, 0.4) is 0 Å². The van der Waals surface area contributed by atoms with Gasteiger partial charge in [-0.2, -0.15) is 0 Å². The van der Waals surface area contributed by atoms with E-state index in [0.717, 1.165) is 6.42 Å². The van der Waals surface area contributed by atoms with Crippen molar-refractivity contribution in [1.82, 2.24) is 5.32 Å². The van der Waals surface area contributed by atoms with Gasteiger partial charge in [0, 0.05) is 11.1 Å². The van der Waals surface area contributed by atoms with Gasteiger partial charge >= 0.3 is 5.97 Å². The van der Waals surface area contributed by atoms with Crippen molar-refractivity contribution >= 4 is 23.5 Å². The van der Waals surface area contributed by atoms with Crippen LogP contribution in [0, 0.1) is 0 Å². The van der Waals surface area contributed by atoms with Crippen molar-refractivity contribution in [3.63, 3.8) is 0 Å². The zero-order valence-electron chi connectivity index (χ0n) is 10.8. The van der Waals surface area contributed by atoms with E-state index in [1.54, 1.807) is 0 Å². The zero-order chi connectivity index (χ0) is 14.4. The van der Waals surface area contributed by atoms with Crippen molar-refractivity contribution in [3.05, 3.63) is 28.8 Å². The van der Waals surface area contributed by atoms with E-state index in [4.69, 9.17) is 21.4 Å². The van der Waals surface area contributed by atoms with Gasteiger partial charge in [0.05, 0.1) is 0 Å². The molecule has 104 valence electrons. The Morgan fingerprint density at radius 1 is 1.47 bits per heavy atom. The third-order valence-corrected chi connectivity index (χ3v) is 2.79. The van der Waals surface area contributed by atoms with E-state index in [1.165, 1.54) is 18.2 Å². The maximum Gasteiger partial charge on any atom is 0.339 e. The van der Waals surface area contributed by atoms with Crippen LogP contribution in [0.4, 0.5) is 0 Å². The Balaban J connectivity index is 2.67. The van der Waals surface area contributed by atoms with Gasteiger partial charge in [0.2, 0.25) is 0 Å². The molecule has 19 heavy (non-hydrogen) atoms. The number of nitrogens with one attached hydrogen (secondary N) is 1. The molecule has 5 nitrogen and oxygen atoms in total. The van der Waals surface area contributed by atoms with Crippen LogP contribution >= 0.6 is 11.6 Å².